The van der Waals surface area contributed by atoms with Gasteiger partial charge in [-0.1, -0.05) is 27.2 Å². The van der Waals surface area contributed by atoms with Crippen molar-refractivity contribution in [1.82, 2.24) is 10.3 Å². The molecular formula is C15H26N2S. The Morgan fingerprint density at radius 3 is 2.56 bits per heavy atom. The van der Waals surface area contributed by atoms with Gasteiger partial charge in [0.15, 0.2) is 0 Å². The predicted octanol–water partition coefficient (Wildman–Crippen LogP) is 4.03. The van der Waals surface area contributed by atoms with E-state index in [-0.39, 0.29) is 5.54 Å². The lowest BCUT2D eigenvalue weighted by Crippen LogP contribution is -2.46. The molecule has 1 aromatic rings. The van der Waals surface area contributed by atoms with Gasteiger partial charge in [-0.3, -0.25) is 0 Å². The van der Waals surface area contributed by atoms with Crippen LogP contribution < -0.4 is 5.32 Å². The molecular weight excluding hydrogens is 240 g/mol. The second-order valence-electron chi connectivity index (χ2n) is 5.81. The molecule has 1 N–H and O–H groups in total. The molecule has 2 atom stereocenters. The van der Waals surface area contributed by atoms with Crippen molar-refractivity contribution >= 4 is 11.3 Å². The van der Waals surface area contributed by atoms with Gasteiger partial charge in [0.25, 0.3) is 0 Å². The van der Waals surface area contributed by atoms with Crippen LogP contribution in [0.1, 0.15) is 62.5 Å². The standard InChI is InChI=1S/C15H26N2S/c1-6-10(3)15(5,17-12-8-9-12)14-16-13(7-2)11(4)18-14/h10,12,17H,6-9H2,1-5H3. The maximum absolute atomic E-state index is 4.91. The highest BCUT2D eigenvalue weighted by molar-refractivity contribution is 7.11. The van der Waals surface area contributed by atoms with Crippen molar-refractivity contribution in [2.45, 2.75) is 71.9 Å². The zero-order chi connectivity index (χ0) is 13.3. The van der Waals surface area contributed by atoms with E-state index in [0.717, 1.165) is 12.5 Å². The number of aromatic nitrogens is 1. The number of thiazole rings is 1. The molecule has 1 aliphatic rings. The Bertz CT molecular complexity index is 409. The first-order valence-corrected chi connectivity index (χ1v) is 8.07. The fraction of sp³-hybridized carbons (Fsp3) is 0.800. The smallest absolute Gasteiger partial charge is 0.113 e. The first-order valence-electron chi connectivity index (χ1n) is 7.25. The van der Waals surface area contributed by atoms with E-state index in [1.165, 1.54) is 34.8 Å². The number of nitrogens with one attached hydrogen (secondary N) is 1. The maximum Gasteiger partial charge on any atom is 0.113 e. The zero-order valence-electron chi connectivity index (χ0n) is 12.3. The van der Waals surface area contributed by atoms with Crippen molar-refractivity contribution in [1.29, 1.82) is 0 Å². The first kappa shape index (κ1) is 14.0. The molecule has 1 fully saturated rings. The molecule has 3 heteroatoms. The number of nitrogens with zero attached hydrogens (tertiary/aromatic N) is 1. The number of rotatable bonds is 6. The molecule has 0 radical (unpaired) electrons. The number of aryl methyl sites for hydroxylation is 2. The summed E-state index contributed by atoms with van der Waals surface area (Å²) < 4.78 is 0. The Labute approximate surface area is 115 Å². The number of hydrogen-bond donors (Lipinski definition) is 1. The topological polar surface area (TPSA) is 24.9 Å². The van der Waals surface area contributed by atoms with E-state index in [1.807, 2.05) is 11.3 Å². The van der Waals surface area contributed by atoms with Gasteiger partial charge in [0, 0.05) is 10.9 Å². The maximum atomic E-state index is 4.91. The van der Waals surface area contributed by atoms with Crippen LogP contribution in [0, 0.1) is 12.8 Å². The SMILES string of the molecule is CCc1nc(C(C)(NC2CC2)C(C)CC)sc1C. The molecule has 18 heavy (non-hydrogen) atoms. The van der Waals surface area contributed by atoms with Crippen molar-refractivity contribution in [2.24, 2.45) is 5.92 Å². The van der Waals surface area contributed by atoms with E-state index in [0.29, 0.717) is 5.92 Å². The minimum absolute atomic E-state index is 0.0543. The van der Waals surface area contributed by atoms with Crippen molar-refractivity contribution in [3.8, 4) is 0 Å². The molecule has 1 heterocycles. The Hall–Kier alpha value is -0.410. The molecule has 0 saturated heterocycles. The molecule has 0 bridgehead atoms. The van der Waals surface area contributed by atoms with Gasteiger partial charge in [-0.05, 0) is 39.0 Å². The average Bonchev–Trinajstić information content (AvgIpc) is 3.08. The second-order valence-corrected chi connectivity index (χ2v) is 7.01. The summed E-state index contributed by atoms with van der Waals surface area (Å²) in [5.74, 6) is 0.619. The normalized spacial score (nSPS) is 20.7. The summed E-state index contributed by atoms with van der Waals surface area (Å²) in [5, 5.41) is 5.14. The van der Waals surface area contributed by atoms with Crippen LogP contribution in [0.5, 0.6) is 0 Å². The van der Waals surface area contributed by atoms with Crippen LogP contribution in [0.4, 0.5) is 0 Å². The summed E-state index contributed by atoms with van der Waals surface area (Å²) in [6.07, 6.45) is 4.90. The van der Waals surface area contributed by atoms with Gasteiger partial charge < -0.3 is 5.32 Å². The lowest BCUT2D eigenvalue weighted by Gasteiger charge is -2.35. The summed E-state index contributed by atoms with van der Waals surface area (Å²) >= 11 is 1.89. The summed E-state index contributed by atoms with van der Waals surface area (Å²) in [6, 6.07) is 0.721. The van der Waals surface area contributed by atoms with Crippen LogP contribution in [0.15, 0.2) is 0 Å². The second kappa shape index (κ2) is 5.30. The quantitative estimate of drug-likeness (QED) is 0.841. The monoisotopic (exact) mass is 266 g/mol. The third-order valence-corrected chi connectivity index (χ3v) is 5.60. The summed E-state index contributed by atoms with van der Waals surface area (Å²) in [4.78, 5) is 6.29. The van der Waals surface area contributed by atoms with Gasteiger partial charge >= 0.3 is 0 Å². The molecule has 0 aliphatic heterocycles. The van der Waals surface area contributed by atoms with Crippen molar-refractivity contribution in [2.75, 3.05) is 0 Å². The minimum atomic E-state index is 0.0543. The minimum Gasteiger partial charge on any atom is -0.303 e. The first-order chi connectivity index (χ1) is 8.51. The van der Waals surface area contributed by atoms with Gasteiger partial charge in [-0.2, -0.15) is 0 Å². The molecule has 0 amide bonds. The number of hydrogen-bond acceptors (Lipinski definition) is 3. The summed E-state index contributed by atoms with van der Waals surface area (Å²) in [6.45, 7) is 11.4. The molecule has 2 rings (SSSR count). The molecule has 102 valence electrons. The molecule has 1 aromatic heterocycles. The van der Waals surface area contributed by atoms with Crippen molar-refractivity contribution in [3.63, 3.8) is 0 Å². The fourth-order valence-corrected chi connectivity index (χ4v) is 3.68. The third-order valence-electron chi connectivity index (χ3n) is 4.35. The van der Waals surface area contributed by atoms with E-state index in [2.05, 4.69) is 39.9 Å². The molecule has 0 spiro atoms. The van der Waals surface area contributed by atoms with Gasteiger partial charge in [0.05, 0.1) is 11.2 Å². The molecule has 2 nitrogen and oxygen atoms in total. The lowest BCUT2D eigenvalue weighted by atomic mass is 9.85. The van der Waals surface area contributed by atoms with E-state index in [1.54, 1.807) is 0 Å². The third kappa shape index (κ3) is 2.62. The van der Waals surface area contributed by atoms with Gasteiger partial charge in [0.2, 0.25) is 0 Å². The van der Waals surface area contributed by atoms with E-state index >= 15 is 0 Å². The Morgan fingerprint density at radius 1 is 1.44 bits per heavy atom. The van der Waals surface area contributed by atoms with E-state index in [4.69, 9.17) is 4.98 Å². The van der Waals surface area contributed by atoms with Gasteiger partial charge in [-0.25, -0.2) is 4.98 Å². The highest BCUT2D eigenvalue weighted by atomic mass is 32.1. The molecule has 2 unspecified atom stereocenters. The van der Waals surface area contributed by atoms with E-state index in [9.17, 15) is 0 Å². The van der Waals surface area contributed by atoms with Gasteiger partial charge in [0.1, 0.15) is 5.01 Å². The summed E-state index contributed by atoms with van der Waals surface area (Å²) in [5.41, 5.74) is 1.33. The zero-order valence-corrected chi connectivity index (χ0v) is 13.2. The van der Waals surface area contributed by atoms with Crippen LogP contribution in [0.25, 0.3) is 0 Å². The lowest BCUT2D eigenvalue weighted by molar-refractivity contribution is 0.237. The predicted molar refractivity (Wildman–Crippen MR) is 79.2 cm³/mol. The van der Waals surface area contributed by atoms with Crippen LogP contribution in [0.3, 0.4) is 0 Å². The molecule has 0 aromatic carbocycles. The van der Waals surface area contributed by atoms with Crippen LogP contribution in [-0.2, 0) is 12.0 Å². The van der Waals surface area contributed by atoms with Gasteiger partial charge in [-0.15, -0.1) is 11.3 Å². The Kier molecular flexibility index (Phi) is 4.12. The molecule has 1 saturated carbocycles. The van der Waals surface area contributed by atoms with Crippen LogP contribution in [0.2, 0.25) is 0 Å². The largest absolute Gasteiger partial charge is 0.303 e. The fourth-order valence-electron chi connectivity index (χ4n) is 2.45. The van der Waals surface area contributed by atoms with Crippen LogP contribution >= 0.6 is 11.3 Å². The summed E-state index contributed by atoms with van der Waals surface area (Å²) in [7, 11) is 0. The Morgan fingerprint density at radius 2 is 2.11 bits per heavy atom. The highest BCUT2D eigenvalue weighted by Gasteiger charge is 2.39. The van der Waals surface area contributed by atoms with Crippen molar-refractivity contribution in [3.05, 3.63) is 15.6 Å². The molecule has 1 aliphatic carbocycles. The average molecular weight is 266 g/mol. The van der Waals surface area contributed by atoms with E-state index < -0.39 is 0 Å². The van der Waals surface area contributed by atoms with Crippen molar-refractivity contribution < 1.29 is 0 Å². The van der Waals surface area contributed by atoms with Crippen LogP contribution in [-0.4, -0.2) is 11.0 Å². The highest BCUT2D eigenvalue weighted by Crippen LogP contribution is 2.38. The Balaban J connectivity index is 2.31.